The number of nitro groups is 1. The number of nitrogens with zero attached hydrogens (tertiary/aromatic N) is 3. The van der Waals surface area contributed by atoms with Gasteiger partial charge in [0.05, 0.1) is 35.1 Å². The van der Waals surface area contributed by atoms with Crippen LogP contribution in [0.25, 0.3) is 11.0 Å². The number of nitro benzene ring substituents is 1. The van der Waals surface area contributed by atoms with Crippen molar-refractivity contribution in [2.24, 2.45) is 0 Å². The van der Waals surface area contributed by atoms with Crippen molar-refractivity contribution in [2.45, 2.75) is 26.3 Å². The molecule has 35 heavy (non-hydrogen) atoms. The van der Waals surface area contributed by atoms with Gasteiger partial charge in [0.2, 0.25) is 5.76 Å². The monoisotopic (exact) mass is 477 g/mol. The van der Waals surface area contributed by atoms with E-state index in [1.54, 1.807) is 29.2 Å². The van der Waals surface area contributed by atoms with Gasteiger partial charge in [0.1, 0.15) is 5.58 Å². The molecule has 0 spiro atoms. The number of non-ortho nitro benzene ring substituents is 1. The van der Waals surface area contributed by atoms with Gasteiger partial charge in [0, 0.05) is 38.3 Å². The third-order valence-electron chi connectivity index (χ3n) is 6.96. The molecule has 2 aliphatic heterocycles. The Morgan fingerprint density at radius 1 is 1.06 bits per heavy atom. The predicted molar refractivity (Wildman–Crippen MR) is 130 cm³/mol. The summed E-state index contributed by atoms with van der Waals surface area (Å²) in [4.78, 5) is 42.1. The molecule has 2 aliphatic rings. The number of amides is 1. The molecule has 1 aromatic heterocycles. The van der Waals surface area contributed by atoms with Crippen molar-refractivity contribution in [2.75, 3.05) is 39.4 Å². The molecule has 3 aromatic rings. The van der Waals surface area contributed by atoms with Gasteiger partial charge >= 0.3 is 0 Å². The first-order valence-corrected chi connectivity index (χ1v) is 11.8. The molecule has 0 saturated carbocycles. The van der Waals surface area contributed by atoms with Crippen molar-refractivity contribution < 1.29 is 18.9 Å². The van der Waals surface area contributed by atoms with Crippen molar-refractivity contribution in [3.8, 4) is 0 Å². The molecule has 0 unspecified atom stereocenters. The number of aryl methyl sites for hydroxylation is 2. The number of hydrogen-bond acceptors (Lipinski definition) is 7. The first-order valence-electron chi connectivity index (χ1n) is 11.8. The van der Waals surface area contributed by atoms with E-state index in [1.807, 2.05) is 13.8 Å². The van der Waals surface area contributed by atoms with Crippen LogP contribution in [0, 0.1) is 24.0 Å². The Balaban J connectivity index is 1.58. The highest BCUT2D eigenvalue weighted by Gasteiger charge is 2.43. The lowest BCUT2D eigenvalue weighted by atomic mass is 9.97. The zero-order valence-corrected chi connectivity index (χ0v) is 19.8. The largest absolute Gasteiger partial charge is 0.450 e. The predicted octanol–water partition coefficient (Wildman–Crippen LogP) is 3.59. The average Bonchev–Trinajstić information content (AvgIpc) is 3.13. The Bertz CT molecular complexity index is 1380. The number of fused-ring (bicyclic) bond motifs is 2. The lowest BCUT2D eigenvalue weighted by Gasteiger charge is -2.29. The van der Waals surface area contributed by atoms with Gasteiger partial charge in [0.25, 0.3) is 11.6 Å². The minimum absolute atomic E-state index is 0.0219. The van der Waals surface area contributed by atoms with Gasteiger partial charge in [-0.25, -0.2) is 0 Å². The quantitative estimate of drug-likeness (QED) is 0.395. The summed E-state index contributed by atoms with van der Waals surface area (Å²) < 4.78 is 11.4. The van der Waals surface area contributed by atoms with Crippen molar-refractivity contribution in [1.82, 2.24) is 9.80 Å². The number of ether oxygens (including phenoxy) is 1. The molecule has 182 valence electrons. The Kier molecular flexibility index (Phi) is 6.12. The minimum atomic E-state index is -0.746. The summed E-state index contributed by atoms with van der Waals surface area (Å²) >= 11 is 0. The summed E-state index contributed by atoms with van der Waals surface area (Å²) in [6, 6.07) is 8.96. The van der Waals surface area contributed by atoms with Crippen LogP contribution in [-0.2, 0) is 4.74 Å². The van der Waals surface area contributed by atoms with Crippen LogP contribution in [0.15, 0.2) is 45.6 Å². The highest BCUT2D eigenvalue weighted by molar-refractivity contribution is 5.99. The van der Waals surface area contributed by atoms with Gasteiger partial charge in [-0.05, 0) is 49.1 Å². The van der Waals surface area contributed by atoms with Crippen LogP contribution in [0.1, 0.15) is 45.3 Å². The van der Waals surface area contributed by atoms with E-state index in [1.165, 1.54) is 12.1 Å². The van der Waals surface area contributed by atoms with Crippen LogP contribution >= 0.6 is 0 Å². The fraction of sp³-hybridized carbons (Fsp3) is 0.385. The van der Waals surface area contributed by atoms with Gasteiger partial charge in [-0.15, -0.1) is 0 Å². The molecule has 1 fully saturated rings. The van der Waals surface area contributed by atoms with Crippen molar-refractivity contribution in [1.29, 1.82) is 0 Å². The van der Waals surface area contributed by atoms with Crippen LogP contribution in [0.2, 0.25) is 0 Å². The second-order valence-corrected chi connectivity index (χ2v) is 9.17. The van der Waals surface area contributed by atoms with E-state index in [9.17, 15) is 19.7 Å². The third-order valence-corrected chi connectivity index (χ3v) is 6.96. The lowest BCUT2D eigenvalue weighted by molar-refractivity contribution is -0.384. The molecular weight excluding hydrogens is 450 g/mol. The highest BCUT2D eigenvalue weighted by Crippen LogP contribution is 2.39. The average molecular weight is 478 g/mol. The summed E-state index contributed by atoms with van der Waals surface area (Å²) in [5.74, 6) is -0.343. The molecular formula is C26H27N3O6. The van der Waals surface area contributed by atoms with E-state index in [4.69, 9.17) is 9.15 Å². The third kappa shape index (κ3) is 4.21. The van der Waals surface area contributed by atoms with Crippen LogP contribution < -0.4 is 5.43 Å². The number of carbonyl (C=O) groups excluding carboxylic acids is 1. The number of rotatable bonds is 6. The zero-order chi connectivity index (χ0) is 24.7. The second-order valence-electron chi connectivity index (χ2n) is 9.17. The topological polar surface area (TPSA) is 106 Å². The van der Waals surface area contributed by atoms with Crippen molar-refractivity contribution in [3.05, 3.63) is 84.7 Å². The number of hydrogen-bond donors (Lipinski definition) is 0. The summed E-state index contributed by atoms with van der Waals surface area (Å²) in [6.45, 7) is 8.08. The van der Waals surface area contributed by atoms with E-state index < -0.39 is 11.0 Å². The minimum Gasteiger partial charge on any atom is -0.450 e. The maximum atomic E-state index is 13.7. The molecule has 3 heterocycles. The van der Waals surface area contributed by atoms with Gasteiger partial charge in [-0.1, -0.05) is 12.1 Å². The molecule has 1 atom stereocenters. The van der Waals surface area contributed by atoms with Crippen LogP contribution in [0.3, 0.4) is 0 Å². The molecule has 1 saturated heterocycles. The highest BCUT2D eigenvalue weighted by atomic mass is 16.6. The van der Waals surface area contributed by atoms with E-state index in [2.05, 4.69) is 4.90 Å². The summed E-state index contributed by atoms with van der Waals surface area (Å²) in [7, 11) is 0. The van der Waals surface area contributed by atoms with Gasteiger partial charge in [-0.3, -0.25) is 24.6 Å². The molecule has 0 bridgehead atoms. The first-order chi connectivity index (χ1) is 16.8. The standard InChI is InChI=1S/C26H27N3O6/c1-16-13-20-21(14-17(16)2)35-25-22(24(20)30)23(18-5-3-6-19(15-18)29(32)33)28(26(25)31)8-4-7-27-9-11-34-12-10-27/h3,5-6,13-15,23H,4,7-12H2,1-2H3/t23-/m0/s1. The number of carbonyl (C=O) groups is 1. The Morgan fingerprint density at radius 3 is 2.54 bits per heavy atom. The number of benzene rings is 2. The normalized spacial score (nSPS) is 18.3. The maximum absolute atomic E-state index is 13.7. The molecule has 5 rings (SSSR count). The maximum Gasteiger partial charge on any atom is 0.290 e. The van der Waals surface area contributed by atoms with Crippen LogP contribution in [0.5, 0.6) is 0 Å². The molecule has 9 heteroatoms. The molecule has 9 nitrogen and oxygen atoms in total. The van der Waals surface area contributed by atoms with Crippen molar-refractivity contribution >= 4 is 22.6 Å². The zero-order valence-electron chi connectivity index (χ0n) is 19.8. The summed E-state index contributed by atoms with van der Waals surface area (Å²) in [5, 5.41) is 11.9. The Hall–Kier alpha value is -3.56. The fourth-order valence-corrected chi connectivity index (χ4v) is 4.95. The fourth-order valence-electron chi connectivity index (χ4n) is 4.95. The van der Waals surface area contributed by atoms with E-state index in [-0.39, 0.29) is 28.3 Å². The lowest BCUT2D eigenvalue weighted by Crippen LogP contribution is -2.38. The van der Waals surface area contributed by atoms with Crippen molar-refractivity contribution in [3.63, 3.8) is 0 Å². The van der Waals surface area contributed by atoms with Crippen LogP contribution in [0.4, 0.5) is 5.69 Å². The summed E-state index contributed by atoms with van der Waals surface area (Å²) in [6.07, 6.45) is 0.692. The Morgan fingerprint density at radius 2 is 1.80 bits per heavy atom. The molecule has 2 aromatic carbocycles. The first kappa shape index (κ1) is 23.2. The smallest absolute Gasteiger partial charge is 0.290 e. The molecule has 1 amide bonds. The van der Waals surface area contributed by atoms with Gasteiger partial charge < -0.3 is 14.1 Å². The SMILES string of the molecule is Cc1cc2oc3c(c(=O)c2cc1C)[C@H](c1cccc([N+](=O)[O-])c1)N(CCCN1CCOCC1)C3=O. The van der Waals surface area contributed by atoms with E-state index in [0.717, 1.165) is 30.8 Å². The van der Waals surface area contributed by atoms with Gasteiger partial charge in [-0.2, -0.15) is 0 Å². The van der Waals surface area contributed by atoms with Gasteiger partial charge in [0.15, 0.2) is 5.43 Å². The van der Waals surface area contributed by atoms with E-state index in [0.29, 0.717) is 42.7 Å². The van der Waals surface area contributed by atoms with Crippen LogP contribution in [-0.4, -0.2) is 60.0 Å². The number of morpholine rings is 1. The Labute approximate surface area is 202 Å². The summed E-state index contributed by atoms with van der Waals surface area (Å²) in [5.41, 5.74) is 2.69. The molecule has 0 aliphatic carbocycles. The molecule has 0 N–H and O–H groups in total. The molecule has 0 radical (unpaired) electrons. The second kappa shape index (κ2) is 9.24. The van der Waals surface area contributed by atoms with E-state index >= 15 is 0 Å².